The number of aryl methyl sites for hydroxylation is 1. The van der Waals surface area contributed by atoms with Gasteiger partial charge >= 0.3 is 0 Å². The maximum absolute atomic E-state index is 9.98. The molecule has 4 heterocycles. The van der Waals surface area contributed by atoms with Gasteiger partial charge in [-0.05, 0) is 18.6 Å². The molecule has 0 atom stereocenters. The van der Waals surface area contributed by atoms with Crippen molar-refractivity contribution in [3.05, 3.63) is 42.1 Å². The molecular formula is C20H22N6O2. The average Bonchev–Trinajstić information content (AvgIpc) is 3.34. The highest BCUT2D eigenvalue weighted by molar-refractivity contribution is 5.76. The van der Waals surface area contributed by atoms with Crippen molar-refractivity contribution in [2.75, 3.05) is 42.6 Å². The number of hydrogen-bond donors (Lipinski definition) is 1. The summed E-state index contributed by atoms with van der Waals surface area (Å²) in [7, 11) is 1.91. The van der Waals surface area contributed by atoms with Gasteiger partial charge in [-0.2, -0.15) is 10.1 Å². The van der Waals surface area contributed by atoms with E-state index in [1.807, 2.05) is 31.4 Å². The number of aromatic hydroxyl groups is 1. The highest BCUT2D eigenvalue weighted by Crippen LogP contribution is 2.39. The third-order valence-corrected chi connectivity index (χ3v) is 5.20. The Hall–Kier alpha value is -3.13. The third kappa shape index (κ3) is 2.95. The normalized spacial score (nSPS) is 16.5. The number of rotatable bonds is 3. The first kappa shape index (κ1) is 17.0. The molecule has 0 spiro atoms. The van der Waals surface area contributed by atoms with Crippen LogP contribution in [0.1, 0.15) is 5.56 Å². The van der Waals surface area contributed by atoms with Crippen molar-refractivity contribution >= 4 is 17.6 Å². The fourth-order valence-corrected chi connectivity index (χ4v) is 3.81. The minimum absolute atomic E-state index is 0.234. The number of morpholine rings is 1. The molecule has 28 heavy (non-hydrogen) atoms. The number of anilines is 3. The molecule has 1 fully saturated rings. The molecule has 2 aliphatic rings. The fraction of sp³-hybridized carbons (Fsp3) is 0.350. The zero-order chi connectivity index (χ0) is 19.1. The van der Waals surface area contributed by atoms with Crippen LogP contribution in [0.4, 0.5) is 17.6 Å². The van der Waals surface area contributed by atoms with Crippen molar-refractivity contribution in [1.82, 2.24) is 19.7 Å². The van der Waals surface area contributed by atoms with Gasteiger partial charge in [0.05, 0.1) is 18.9 Å². The Morgan fingerprint density at radius 3 is 2.68 bits per heavy atom. The summed E-state index contributed by atoms with van der Waals surface area (Å²) in [6.07, 6.45) is 2.77. The van der Waals surface area contributed by atoms with Gasteiger partial charge in [-0.3, -0.25) is 4.68 Å². The Labute approximate surface area is 163 Å². The number of fused-ring (bicyclic) bond motifs is 1. The summed E-state index contributed by atoms with van der Waals surface area (Å²) in [5.41, 5.74) is 2.87. The number of hydrogen-bond acceptors (Lipinski definition) is 7. The molecule has 3 aromatic rings. The lowest BCUT2D eigenvalue weighted by Crippen LogP contribution is -2.37. The lowest BCUT2D eigenvalue weighted by molar-refractivity contribution is 0.122. The molecule has 0 bridgehead atoms. The highest BCUT2D eigenvalue weighted by atomic mass is 16.5. The summed E-state index contributed by atoms with van der Waals surface area (Å²) in [5.74, 6) is 2.71. The molecule has 0 saturated carbocycles. The van der Waals surface area contributed by atoms with Crippen molar-refractivity contribution in [1.29, 1.82) is 0 Å². The van der Waals surface area contributed by atoms with Gasteiger partial charge in [0.1, 0.15) is 11.6 Å². The molecule has 0 unspecified atom stereocenters. The van der Waals surface area contributed by atoms with Crippen molar-refractivity contribution in [3.63, 3.8) is 0 Å². The van der Waals surface area contributed by atoms with Crippen molar-refractivity contribution in [3.8, 4) is 17.0 Å². The molecule has 1 N–H and O–H groups in total. The maximum Gasteiger partial charge on any atom is 0.228 e. The van der Waals surface area contributed by atoms with Crippen LogP contribution in [0.5, 0.6) is 5.75 Å². The number of phenolic OH excluding ortho intramolecular Hbond substituents is 1. The van der Waals surface area contributed by atoms with Gasteiger partial charge in [0, 0.05) is 50.1 Å². The van der Waals surface area contributed by atoms with Gasteiger partial charge < -0.3 is 19.6 Å². The van der Waals surface area contributed by atoms with Crippen LogP contribution in [0.3, 0.4) is 0 Å². The first-order chi connectivity index (χ1) is 13.7. The Kier molecular flexibility index (Phi) is 4.12. The lowest BCUT2D eigenvalue weighted by Gasteiger charge is -2.28. The Morgan fingerprint density at radius 1 is 1.07 bits per heavy atom. The second-order valence-electron chi connectivity index (χ2n) is 7.07. The number of nitrogens with zero attached hydrogens (tertiary/aromatic N) is 6. The smallest absolute Gasteiger partial charge is 0.228 e. The largest absolute Gasteiger partial charge is 0.508 e. The SMILES string of the molecule is Cn1ccc(N2CCc3c(-c4cccc(O)c4)nc(N4CCOCC4)nc32)n1. The summed E-state index contributed by atoms with van der Waals surface area (Å²) in [4.78, 5) is 14.1. The fourth-order valence-electron chi connectivity index (χ4n) is 3.81. The minimum Gasteiger partial charge on any atom is -0.508 e. The summed E-state index contributed by atoms with van der Waals surface area (Å²) < 4.78 is 7.28. The summed E-state index contributed by atoms with van der Waals surface area (Å²) >= 11 is 0. The van der Waals surface area contributed by atoms with E-state index in [1.165, 1.54) is 0 Å². The molecule has 0 amide bonds. The second-order valence-corrected chi connectivity index (χ2v) is 7.07. The highest BCUT2D eigenvalue weighted by Gasteiger charge is 2.30. The molecule has 144 valence electrons. The van der Waals surface area contributed by atoms with E-state index < -0.39 is 0 Å². The van der Waals surface area contributed by atoms with E-state index in [0.29, 0.717) is 19.2 Å². The van der Waals surface area contributed by atoms with Gasteiger partial charge in [0.25, 0.3) is 0 Å². The van der Waals surface area contributed by atoms with Crippen molar-refractivity contribution in [2.24, 2.45) is 7.05 Å². The maximum atomic E-state index is 9.98. The molecule has 1 aromatic carbocycles. The van der Waals surface area contributed by atoms with Gasteiger partial charge in [0.2, 0.25) is 5.95 Å². The number of ether oxygens (including phenoxy) is 1. The Morgan fingerprint density at radius 2 is 1.93 bits per heavy atom. The average molecular weight is 378 g/mol. The summed E-state index contributed by atoms with van der Waals surface area (Å²) in [6.45, 7) is 3.68. The van der Waals surface area contributed by atoms with E-state index in [4.69, 9.17) is 14.7 Å². The zero-order valence-electron chi connectivity index (χ0n) is 15.7. The molecule has 0 radical (unpaired) electrons. The Bertz CT molecular complexity index is 1010. The van der Waals surface area contributed by atoms with E-state index in [0.717, 1.165) is 54.5 Å². The topological polar surface area (TPSA) is 79.5 Å². The summed E-state index contributed by atoms with van der Waals surface area (Å²) in [5, 5.41) is 14.5. The van der Waals surface area contributed by atoms with Crippen LogP contribution >= 0.6 is 0 Å². The first-order valence-corrected chi connectivity index (χ1v) is 9.49. The lowest BCUT2D eigenvalue weighted by atomic mass is 10.1. The van der Waals surface area contributed by atoms with E-state index in [-0.39, 0.29) is 5.75 Å². The van der Waals surface area contributed by atoms with Crippen LogP contribution in [0.25, 0.3) is 11.3 Å². The molecular weight excluding hydrogens is 356 g/mol. The number of aromatic nitrogens is 4. The first-order valence-electron chi connectivity index (χ1n) is 9.49. The quantitative estimate of drug-likeness (QED) is 0.748. The molecule has 2 aliphatic heterocycles. The van der Waals surface area contributed by atoms with Crippen LogP contribution in [0, 0.1) is 0 Å². The molecule has 8 heteroatoms. The number of benzene rings is 1. The summed E-state index contributed by atoms with van der Waals surface area (Å²) in [6, 6.07) is 9.26. The molecule has 1 saturated heterocycles. The van der Waals surface area contributed by atoms with Crippen LogP contribution in [-0.4, -0.2) is 57.7 Å². The Balaban J connectivity index is 1.65. The number of phenols is 1. The van der Waals surface area contributed by atoms with Crippen LogP contribution in [-0.2, 0) is 18.2 Å². The van der Waals surface area contributed by atoms with Gasteiger partial charge in [-0.15, -0.1) is 0 Å². The van der Waals surface area contributed by atoms with Crippen LogP contribution in [0.15, 0.2) is 36.5 Å². The second kappa shape index (κ2) is 6.79. The standard InChI is InChI=1S/C20H22N6O2/c1-24-7-6-17(23-24)26-8-5-16-18(14-3-2-4-15(27)13-14)21-20(22-19(16)26)25-9-11-28-12-10-25/h2-4,6-7,13,27H,5,8-12H2,1H3. The third-order valence-electron chi connectivity index (χ3n) is 5.20. The molecule has 8 nitrogen and oxygen atoms in total. The predicted octanol–water partition coefficient (Wildman–Crippen LogP) is 2.11. The predicted molar refractivity (Wildman–Crippen MR) is 106 cm³/mol. The van der Waals surface area contributed by atoms with Gasteiger partial charge in [0.15, 0.2) is 5.82 Å². The minimum atomic E-state index is 0.234. The van der Waals surface area contributed by atoms with Crippen molar-refractivity contribution in [2.45, 2.75) is 6.42 Å². The molecule has 2 aromatic heterocycles. The van der Waals surface area contributed by atoms with Crippen LogP contribution in [0.2, 0.25) is 0 Å². The van der Waals surface area contributed by atoms with Crippen molar-refractivity contribution < 1.29 is 9.84 Å². The van der Waals surface area contributed by atoms with E-state index >= 15 is 0 Å². The zero-order valence-corrected chi connectivity index (χ0v) is 15.7. The van der Waals surface area contributed by atoms with E-state index in [9.17, 15) is 5.11 Å². The molecule has 0 aliphatic carbocycles. The van der Waals surface area contributed by atoms with Gasteiger partial charge in [-0.1, -0.05) is 12.1 Å². The van der Waals surface area contributed by atoms with E-state index in [2.05, 4.69) is 14.9 Å². The van der Waals surface area contributed by atoms with Gasteiger partial charge in [-0.25, -0.2) is 4.98 Å². The van der Waals surface area contributed by atoms with Crippen LogP contribution < -0.4 is 9.80 Å². The monoisotopic (exact) mass is 378 g/mol. The van der Waals surface area contributed by atoms with E-state index in [1.54, 1.807) is 16.8 Å². The molecule has 5 rings (SSSR count).